The van der Waals surface area contributed by atoms with E-state index in [2.05, 4.69) is 4.98 Å². The lowest BCUT2D eigenvalue weighted by Gasteiger charge is -2.08. The molecule has 0 amide bonds. The number of aliphatic carboxylic acids is 2. The first-order chi connectivity index (χ1) is 19.4. The van der Waals surface area contributed by atoms with Crippen LogP contribution in [-0.4, -0.2) is 44.9 Å². The summed E-state index contributed by atoms with van der Waals surface area (Å²) in [5, 5.41) is 19.3. The van der Waals surface area contributed by atoms with Crippen LogP contribution in [0.1, 0.15) is 42.5 Å². The van der Waals surface area contributed by atoms with E-state index < -0.39 is 11.9 Å². The first-order valence-corrected chi connectivity index (χ1v) is 13.1. The van der Waals surface area contributed by atoms with Crippen LogP contribution in [0.2, 0.25) is 0 Å². The van der Waals surface area contributed by atoms with E-state index in [9.17, 15) is 19.1 Å². The summed E-state index contributed by atoms with van der Waals surface area (Å²) >= 11 is 0. The summed E-state index contributed by atoms with van der Waals surface area (Å²) in [6.45, 7) is 0.688. The van der Waals surface area contributed by atoms with Crippen molar-refractivity contribution in [3.63, 3.8) is 0 Å². The predicted octanol–water partition coefficient (Wildman–Crippen LogP) is 6.08. The smallest absolute Gasteiger partial charge is 0.323 e. The number of rotatable bonds is 15. The SMILES string of the molecule is O=C(O)CCCc1cn(CC(=O)O)c2c(/C=C/c3ccc(OCCCCOc4ccccc4F)cn3)cccc12. The quantitative estimate of drug-likeness (QED) is 0.174. The molecule has 4 aromatic rings. The third kappa shape index (κ3) is 7.92. The highest BCUT2D eigenvalue weighted by Gasteiger charge is 2.13. The number of carboxylic acid groups (broad SMARTS) is 2. The Morgan fingerprint density at radius 2 is 1.70 bits per heavy atom. The first kappa shape index (κ1) is 28.4. The van der Waals surface area contributed by atoms with Crippen molar-refractivity contribution >= 4 is 35.0 Å². The molecule has 2 aromatic carbocycles. The van der Waals surface area contributed by atoms with Crippen LogP contribution >= 0.6 is 0 Å². The monoisotopic (exact) mass is 546 g/mol. The number of para-hydroxylation sites is 2. The van der Waals surface area contributed by atoms with Crippen molar-refractivity contribution in [3.8, 4) is 11.5 Å². The lowest BCUT2D eigenvalue weighted by Crippen LogP contribution is -2.07. The van der Waals surface area contributed by atoms with Crippen molar-refractivity contribution in [1.82, 2.24) is 9.55 Å². The van der Waals surface area contributed by atoms with E-state index in [1.165, 1.54) is 6.07 Å². The fourth-order valence-electron chi connectivity index (χ4n) is 4.39. The maximum atomic E-state index is 13.6. The maximum Gasteiger partial charge on any atom is 0.323 e. The van der Waals surface area contributed by atoms with E-state index >= 15 is 0 Å². The molecule has 0 aliphatic carbocycles. The van der Waals surface area contributed by atoms with Gasteiger partial charge in [0.15, 0.2) is 11.6 Å². The van der Waals surface area contributed by atoms with Gasteiger partial charge in [-0.15, -0.1) is 0 Å². The fourth-order valence-corrected chi connectivity index (χ4v) is 4.39. The number of pyridine rings is 1. The second-order valence-electron chi connectivity index (χ2n) is 9.25. The van der Waals surface area contributed by atoms with E-state index in [1.807, 2.05) is 42.5 Å². The Morgan fingerprint density at radius 3 is 2.42 bits per heavy atom. The molecule has 2 aromatic heterocycles. The molecule has 208 valence electrons. The highest BCUT2D eigenvalue weighted by atomic mass is 19.1. The average Bonchev–Trinajstić information content (AvgIpc) is 3.28. The Morgan fingerprint density at radius 1 is 0.900 bits per heavy atom. The van der Waals surface area contributed by atoms with E-state index in [0.717, 1.165) is 34.9 Å². The highest BCUT2D eigenvalue weighted by Crippen LogP contribution is 2.28. The number of unbranched alkanes of at least 4 members (excludes halogenated alkanes) is 1. The molecule has 0 fully saturated rings. The second kappa shape index (κ2) is 13.9. The molecule has 0 saturated carbocycles. The Kier molecular flexibility index (Phi) is 9.88. The van der Waals surface area contributed by atoms with Crippen molar-refractivity contribution < 1.29 is 33.7 Å². The number of ether oxygens (including phenoxy) is 2. The third-order valence-electron chi connectivity index (χ3n) is 6.25. The summed E-state index contributed by atoms with van der Waals surface area (Å²) in [6, 6.07) is 15.7. The molecular weight excluding hydrogens is 515 g/mol. The topological polar surface area (TPSA) is 111 Å². The number of fused-ring (bicyclic) bond motifs is 1. The summed E-state index contributed by atoms with van der Waals surface area (Å²) in [5.74, 6) is -1.30. The first-order valence-electron chi connectivity index (χ1n) is 13.1. The molecule has 0 aliphatic heterocycles. The van der Waals surface area contributed by atoms with Gasteiger partial charge in [-0.3, -0.25) is 14.6 Å². The zero-order valence-electron chi connectivity index (χ0n) is 22.0. The molecule has 40 heavy (non-hydrogen) atoms. The summed E-state index contributed by atoms with van der Waals surface area (Å²) in [5.41, 5.74) is 3.25. The third-order valence-corrected chi connectivity index (χ3v) is 6.25. The van der Waals surface area contributed by atoms with Crippen LogP contribution < -0.4 is 9.47 Å². The number of hydrogen-bond acceptors (Lipinski definition) is 5. The van der Waals surface area contributed by atoms with Crippen LogP contribution in [0.3, 0.4) is 0 Å². The van der Waals surface area contributed by atoms with Gasteiger partial charge in [0.1, 0.15) is 12.3 Å². The minimum atomic E-state index is -0.956. The molecule has 0 atom stereocenters. The molecule has 2 N–H and O–H groups in total. The number of carboxylic acids is 2. The van der Waals surface area contributed by atoms with Gasteiger partial charge in [-0.05, 0) is 67.2 Å². The molecular formula is C31H31FN2O6. The number of aryl methyl sites for hydroxylation is 1. The number of aromatic nitrogens is 2. The summed E-state index contributed by atoms with van der Waals surface area (Å²) in [7, 11) is 0. The summed E-state index contributed by atoms with van der Waals surface area (Å²) < 4.78 is 26.5. The van der Waals surface area contributed by atoms with Gasteiger partial charge in [-0.1, -0.05) is 36.4 Å². The van der Waals surface area contributed by atoms with Crippen LogP contribution in [0, 0.1) is 5.82 Å². The number of hydrogen-bond donors (Lipinski definition) is 2. The molecule has 9 heteroatoms. The molecule has 0 unspecified atom stereocenters. The summed E-state index contributed by atoms with van der Waals surface area (Å²) in [4.78, 5) is 26.8. The van der Waals surface area contributed by atoms with Gasteiger partial charge in [-0.25, -0.2) is 4.39 Å². The van der Waals surface area contributed by atoms with Crippen molar-refractivity contribution in [3.05, 3.63) is 89.6 Å². The molecule has 2 heterocycles. The van der Waals surface area contributed by atoms with Crippen molar-refractivity contribution in [1.29, 1.82) is 0 Å². The Bertz CT molecular complexity index is 1480. The van der Waals surface area contributed by atoms with Crippen molar-refractivity contribution in [2.75, 3.05) is 13.2 Å². The zero-order chi connectivity index (χ0) is 28.3. The highest BCUT2D eigenvalue weighted by molar-refractivity contribution is 5.93. The molecule has 4 rings (SSSR count). The lowest BCUT2D eigenvalue weighted by molar-refractivity contribution is -0.138. The second-order valence-corrected chi connectivity index (χ2v) is 9.25. The minimum Gasteiger partial charge on any atom is -0.492 e. The number of carbonyl (C=O) groups is 2. The molecule has 8 nitrogen and oxygen atoms in total. The van der Waals surface area contributed by atoms with Gasteiger partial charge < -0.3 is 24.3 Å². The van der Waals surface area contributed by atoms with Crippen LogP contribution in [0.25, 0.3) is 23.1 Å². The van der Waals surface area contributed by atoms with Gasteiger partial charge in [-0.2, -0.15) is 0 Å². The van der Waals surface area contributed by atoms with Gasteiger partial charge in [0.05, 0.1) is 30.6 Å². The Labute approximate surface area is 231 Å². The molecule has 0 aliphatic rings. The number of halogens is 1. The van der Waals surface area contributed by atoms with Crippen LogP contribution in [0.4, 0.5) is 4.39 Å². The van der Waals surface area contributed by atoms with Crippen LogP contribution in [0.15, 0.2) is 67.0 Å². The van der Waals surface area contributed by atoms with E-state index in [1.54, 1.807) is 35.2 Å². The zero-order valence-corrected chi connectivity index (χ0v) is 22.0. The average molecular weight is 547 g/mol. The minimum absolute atomic E-state index is 0.0560. The van der Waals surface area contributed by atoms with Gasteiger partial charge >= 0.3 is 11.9 Å². The van der Waals surface area contributed by atoms with Gasteiger partial charge in [0, 0.05) is 18.0 Å². The van der Waals surface area contributed by atoms with Gasteiger partial charge in [0.2, 0.25) is 0 Å². The fraction of sp³-hybridized carbons (Fsp3) is 0.258. The molecule has 0 radical (unpaired) electrons. The lowest BCUT2D eigenvalue weighted by atomic mass is 10.0. The standard InChI is InChI=1S/C31H31FN2O6/c32-27-10-1-2-11-28(27)40-18-4-3-17-39-25-16-15-24(33-19-25)14-13-22-7-5-9-26-23(8-6-12-29(35)36)20-34(31(22)26)21-30(37)38/h1-2,5,7,9-11,13-16,19-20H,3-4,6,8,12,17-18,21H2,(H,35,36)(H,37,38)/b14-13+. The van der Waals surface area contributed by atoms with E-state index in [0.29, 0.717) is 37.5 Å². The molecule has 0 spiro atoms. The van der Waals surface area contributed by atoms with Crippen LogP contribution in [-0.2, 0) is 22.6 Å². The van der Waals surface area contributed by atoms with E-state index in [4.69, 9.17) is 14.6 Å². The Hall–Kier alpha value is -4.66. The van der Waals surface area contributed by atoms with Gasteiger partial charge in [0.25, 0.3) is 0 Å². The predicted molar refractivity (Wildman–Crippen MR) is 150 cm³/mol. The normalized spacial score (nSPS) is 11.2. The van der Waals surface area contributed by atoms with Crippen LogP contribution in [0.5, 0.6) is 11.5 Å². The summed E-state index contributed by atoms with van der Waals surface area (Å²) in [6.07, 6.45) is 9.72. The maximum absolute atomic E-state index is 13.6. The van der Waals surface area contributed by atoms with Crippen molar-refractivity contribution in [2.45, 2.75) is 38.6 Å². The molecule has 0 bridgehead atoms. The van der Waals surface area contributed by atoms with Crippen molar-refractivity contribution in [2.24, 2.45) is 0 Å². The Balaban J connectivity index is 1.35. The van der Waals surface area contributed by atoms with E-state index in [-0.39, 0.29) is 24.5 Å². The largest absolute Gasteiger partial charge is 0.492 e. The number of nitrogens with zero attached hydrogens (tertiary/aromatic N) is 2. The number of benzene rings is 2. The molecule has 0 saturated heterocycles.